The first-order valence-electron chi connectivity index (χ1n) is 11.0. The van der Waals surface area contributed by atoms with E-state index in [9.17, 15) is 14.4 Å². The second-order valence-corrected chi connectivity index (χ2v) is 8.87. The number of nitrogens with zero attached hydrogens (tertiary/aromatic N) is 3. The lowest BCUT2D eigenvalue weighted by Crippen LogP contribution is -2.49. The quantitative estimate of drug-likeness (QED) is 0.726. The summed E-state index contributed by atoms with van der Waals surface area (Å²) in [5.74, 6) is -0.219. The number of hydrogen-bond acceptors (Lipinski definition) is 5. The number of piperazine rings is 1. The summed E-state index contributed by atoms with van der Waals surface area (Å²) in [7, 11) is 0. The average Bonchev–Trinajstić information content (AvgIpc) is 2.80. The fourth-order valence-electron chi connectivity index (χ4n) is 4.04. The molecule has 1 saturated heterocycles. The number of amides is 3. The van der Waals surface area contributed by atoms with Gasteiger partial charge in [0.05, 0.1) is 5.69 Å². The molecular weight excluding hydrogens is 444 g/mol. The predicted molar refractivity (Wildman–Crippen MR) is 127 cm³/mol. The lowest BCUT2D eigenvalue weighted by atomic mass is 10.1. The first-order chi connectivity index (χ1) is 15.8. The zero-order chi connectivity index (χ0) is 23.5. The molecule has 0 atom stereocenters. The Balaban J connectivity index is 1.47. The van der Waals surface area contributed by atoms with E-state index in [4.69, 9.17) is 16.3 Å². The first kappa shape index (κ1) is 22.9. The van der Waals surface area contributed by atoms with E-state index >= 15 is 0 Å². The minimum atomic E-state index is -0.318. The molecule has 2 aromatic carbocycles. The molecule has 0 aromatic heterocycles. The number of nitrogens with one attached hydrogen (secondary N) is 1. The zero-order valence-corrected chi connectivity index (χ0v) is 19.5. The highest BCUT2D eigenvalue weighted by Crippen LogP contribution is 2.33. The molecule has 174 valence electrons. The minimum absolute atomic E-state index is 0.0356. The van der Waals surface area contributed by atoms with Gasteiger partial charge >= 0.3 is 0 Å². The lowest BCUT2D eigenvalue weighted by molar-refractivity contribution is -0.125. The van der Waals surface area contributed by atoms with E-state index in [2.05, 4.69) is 10.2 Å². The Hall–Kier alpha value is -3.26. The summed E-state index contributed by atoms with van der Waals surface area (Å²) in [5.41, 5.74) is 1.93. The zero-order valence-electron chi connectivity index (χ0n) is 18.7. The van der Waals surface area contributed by atoms with E-state index in [1.54, 1.807) is 23.1 Å². The van der Waals surface area contributed by atoms with Crippen molar-refractivity contribution in [1.82, 2.24) is 10.2 Å². The highest BCUT2D eigenvalue weighted by Gasteiger charge is 2.30. The third-order valence-corrected chi connectivity index (χ3v) is 5.88. The second kappa shape index (κ2) is 9.70. The Morgan fingerprint density at radius 1 is 1.09 bits per heavy atom. The molecule has 0 spiro atoms. The molecule has 4 rings (SSSR count). The summed E-state index contributed by atoms with van der Waals surface area (Å²) in [4.78, 5) is 43.3. The molecular formula is C24H27ClN4O4. The number of carbonyl (C=O) groups excluding carboxylic acids is 3. The van der Waals surface area contributed by atoms with Gasteiger partial charge in [-0.3, -0.25) is 19.3 Å². The molecule has 1 N–H and O–H groups in total. The Bertz CT molecular complexity index is 1070. The standard InChI is InChI=1S/C24H27ClN4O4/c1-16(2)26-22(30)14-29-20-12-17(6-7-21(20)33-15-23(29)31)24(32)28-10-8-27(9-11-28)19-5-3-4-18(25)13-19/h3-7,12-13,16H,8-11,14-15H2,1-2H3,(H,26,30). The molecule has 8 nitrogen and oxygen atoms in total. The van der Waals surface area contributed by atoms with E-state index < -0.39 is 0 Å². The highest BCUT2D eigenvalue weighted by molar-refractivity contribution is 6.30. The van der Waals surface area contributed by atoms with Crippen molar-refractivity contribution in [3.8, 4) is 5.75 Å². The Morgan fingerprint density at radius 2 is 1.85 bits per heavy atom. The van der Waals surface area contributed by atoms with Crippen molar-refractivity contribution in [2.24, 2.45) is 0 Å². The largest absolute Gasteiger partial charge is 0.482 e. The number of carbonyl (C=O) groups is 3. The van der Waals surface area contributed by atoms with Crippen LogP contribution in [0, 0.1) is 0 Å². The predicted octanol–water partition coefficient (Wildman–Crippen LogP) is 2.55. The van der Waals surface area contributed by atoms with Crippen LogP contribution in [-0.4, -0.2) is 68.0 Å². The third kappa shape index (κ3) is 5.22. The van der Waals surface area contributed by atoms with Gasteiger partial charge in [-0.25, -0.2) is 0 Å². The van der Waals surface area contributed by atoms with Crippen molar-refractivity contribution in [2.75, 3.05) is 49.1 Å². The van der Waals surface area contributed by atoms with Crippen LogP contribution in [0.2, 0.25) is 5.02 Å². The molecule has 1 fully saturated rings. The van der Waals surface area contributed by atoms with Gasteiger partial charge in [0.15, 0.2) is 6.61 Å². The molecule has 0 bridgehead atoms. The van der Waals surface area contributed by atoms with Crippen molar-refractivity contribution >= 4 is 40.7 Å². The Morgan fingerprint density at radius 3 is 2.55 bits per heavy atom. The molecule has 2 aliphatic heterocycles. The monoisotopic (exact) mass is 470 g/mol. The summed E-state index contributed by atoms with van der Waals surface area (Å²) in [6.07, 6.45) is 0. The topological polar surface area (TPSA) is 82.2 Å². The number of hydrogen-bond donors (Lipinski definition) is 1. The SMILES string of the molecule is CC(C)NC(=O)CN1C(=O)COc2ccc(C(=O)N3CCN(c4cccc(Cl)c4)CC3)cc21. The van der Waals surface area contributed by atoms with Gasteiger partial charge in [-0.1, -0.05) is 17.7 Å². The molecule has 2 aliphatic rings. The van der Waals surface area contributed by atoms with Crippen LogP contribution < -0.4 is 19.9 Å². The number of halogens is 1. The summed E-state index contributed by atoms with van der Waals surface area (Å²) < 4.78 is 5.52. The maximum Gasteiger partial charge on any atom is 0.265 e. The number of anilines is 2. The Kier molecular flexibility index (Phi) is 6.74. The van der Waals surface area contributed by atoms with Crippen LogP contribution in [0.5, 0.6) is 5.75 Å². The van der Waals surface area contributed by atoms with Crippen molar-refractivity contribution in [1.29, 1.82) is 0 Å². The minimum Gasteiger partial charge on any atom is -0.482 e. The normalized spacial score (nSPS) is 15.9. The van der Waals surface area contributed by atoms with Gasteiger partial charge in [-0.2, -0.15) is 0 Å². The molecule has 33 heavy (non-hydrogen) atoms. The fourth-order valence-corrected chi connectivity index (χ4v) is 4.23. The molecule has 2 heterocycles. The summed E-state index contributed by atoms with van der Waals surface area (Å²) in [5, 5.41) is 3.47. The lowest BCUT2D eigenvalue weighted by Gasteiger charge is -2.36. The third-order valence-electron chi connectivity index (χ3n) is 5.64. The summed E-state index contributed by atoms with van der Waals surface area (Å²) >= 11 is 6.11. The van der Waals surface area contributed by atoms with E-state index in [1.807, 2.05) is 38.1 Å². The van der Waals surface area contributed by atoms with Crippen molar-refractivity contribution in [3.05, 3.63) is 53.1 Å². The van der Waals surface area contributed by atoms with Crippen LogP contribution in [0.25, 0.3) is 0 Å². The molecule has 0 saturated carbocycles. The molecule has 0 aliphatic carbocycles. The first-order valence-corrected chi connectivity index (χ1v) is 11.4. The maximum absolute atomic E-state index is 13.2. The number of benzene rings is 2. The van der Waals surface area contributed by atoms with E-state index in [-0.39, 0.29) is 36.9 Å². The molecule has 2 aromatic rings. The van der Waals surface area contributed by atoms with Crippen molar-refractivity contribution in [2.45, 2.75) is 19.9 Å². The van der Waals surface area contributed by atoms with Crippen LogP contribution in [0.15, 0.2) is 42.5 Å². The van der Waals surface area contributed by atoms with Crippen LogP contribution in [0.3, 0.4) is 0 Å². The van der Waals surface area contributed by atoms with Crippen LogP contribution in [0.1, 0.15) is 24.2 Å². The van der Waals surface area contributed by atoms with Crippen LogP contribution in [-0.2, 0) is 9.59 Å². The van der Waals surface area contributed by atoms with Crippen LogP contribution >= 0.6 is 11.6 Å². The van der Waals surface area contributed by atoms with Crippen molar-refractivity contribution < 1.29 is 19.1 Å². The second-order valence-electron chi connectivity index (χ2n) is 8.43. The number of ether oxygens (including phenoxy) is 1. The van der Waals surface area contributed by atoms with Gasteiger partial charge in [0, 0.05) is 48.5 Å². The molecule has 0 unspecified atom stereocenters. The van der Waals surface area contributed by atoms with Gasteiger partial charge in [-0.15, -0.1) is 0 Å². The summed E-state index contributed by atoms with van der Waals surface area (Å²) in [6, 6.07) is 12.7. The summed E-state index contributed by atoms with van der Waals surface area (Å²) in [6.45, 7) is 5.98. The van der Waals surface area contributed by atoms with E-state index in [0.29, 0.717) is 48.2 Å². The fraction of sp³-hybridized carbons (Fsp3) is 0.375. The van der Waals surface area contributed by atoms with Gasteiger partial charge in [-0.05, 0) is 50.2 Å². The molecule has 3 amide bonds. The van der Waals surface area contributed by atoms with E-state index in [1.165, 1.54) is 4.90 Å². The molecule has 0 radical (unpaired) electrons. The Labute approximate surface area is 198 Å². The van der Waals surface area contributed by atoms with E-state index in [0.717, 1.165) is 5.69 Å². The average molecular weight is 471 g/mol. The highest BCUT2D eigenvalue weighted by atomic mass is 35.5. The van der Waals surface area contributed by atoms with Gasteiger partial charge in [0.25, 0.3) is 11.8 Å². The van der Waals surface area contributed by atoms with Gasteiger partial charge in [0.1, 0.15) is 12.3 Å². The molecule has 9 heteroatoms. The van der Waals surface area contributed by atoms with Gasteiger partial charge < -0.3 is 19.9 Å². The number of fused-ring (bicyclic) bond motifs is 1. The van der Waals surface area contributed by atoms with Crippen molar-refractivity contribution in [3.63, 3.8) is 0 Å². The number of rotatable bonds is 5. The van der Waals surface area contributed by atoms with Gasteiger partial charge in [0.2, 0.25) is 5.91 Å². The smallest absolute Gasteiger partial charge is 0.265 e. The van der Waals surface area contributed by atoms with Crippen LogP contribution in [0.4, 0.5) is 11.4 Å². The maximum atomic E-state index is 13.2.